The van der Waals surface area contributed by atoms with Gasteiger partial charge in [-0.05, 0) is 12.1 Å². The number of hydrogen-bond acceptors (Lipinski definition) is 17. The summed E-state index contributed by atoms with van der Waals surface area (Å²) in [4.78, 5) is 23.9. The van der Waals surface area contributed by atoms with Crippen molar-refractivity contribution >= 4 is 11.9 Å². The van der Waals surface area contributed by atoms with Crippen LogP contribution in [-0.2, 0) is 28.5 Å². The summed E-state index contributed by atoms with van der Waals surface area (Å²) < 4.78 is 31.6. The van der Waals surface area contributed by atoms with E-state index in [0.29, 0.717) is 0 Å². The lowest BCUT2D eigenvalue weighted by molar-refractivity contribution is -0.353. The molecule has 0 saturated carbocycles. The Morgan fingerprint density at radius 1 is 1.07 bits per heavy atom. The number of ether oxygens (including phenoxy) is 6. The number of aliphatic hydroxyl groups is 8. The third-order valence-electron chi connectivity index (χ3n) is 6.33. The Hall–Kier alpha value is -2.72. The second-order valence-corrected chi connectivity index (χ2v) is 9.52. The Balaban J connectivity index is 2.26. The Morgan fingerprint density at radius 3 is 2.23 bits per heavy atom. The molecule has 246 valence electrons. The fourth-order valence-corrected chi connectivity index (χ4v) is 4.21. The molecule has 0 spiro atoms. The molecule has 1 aromatic carbocycles. The van der Waals surface area contributed by atoms with E-state index in [9.17, 15) is 50.4 Å². The van der Waals surface area contributed by atoms with E-state index in [1.165, 1.54) is 12.1 Å². The summed E-state index contributed by atoms with van der Waals surface area (Å²) in [5.74, 6) is -5.18. The van der Waals surface area contributed by atoms with Crippen molar-refractivity contribution in [2.24, 2.45) is 5.73 Å². The zero-order chi connectivity index (χ0) is 32.3. The van der Waals surface area contributed by atoms with Crippen molar-refractivity contribution in [3.05, 3.63) is 24.3 Å². The second kappa shape index (κ2) is 16.9. The summed E-state index contributed by atoms with van der Waals surface area (Å²) >= 11 is 0. The lowest BCUT2D eigenvalue weighted by Gasteiger charge is -2.46. The number of benzene rings is 1. The smallest absolute Gasteiger partial charge is 0.364 e. The lowest BCUT2D eigenvalue weighted by atomic mass is 9.92. The highest BCUT2D eigenvalue weighted by Gasteiger charge is 2.56. The normalized spacial score (nSPS) is 26.4. The molecular weight excluding hydrogens is 586 g/mol. The molecule has 0 amide bonds. The zero-order valence-electron chi connectivity index (χ0n) is 23.1. The quantitative estimate of drug-likeness (QED) is 0.0545. The highest BCUT2D eigenvalue weighted by Crippen LogP contribution is 2.36. The van der Waals surface area contributed by atoms with Crippen LogP contribution in [0.5, 0.6) is 11.5 Å². The van der Waals surface area contributed by atoms with Gasteiger partial charge in [0.2, 0.25) is 0 Å². The maximum Gasteiger partial charge on any atom is 0.364 e. The van der Waals surface area contributed by atoms with Crippen LogP contribution in [0.15, 0.2) is 24.3 Å². The predicted molar refractivity (Wildman–Crippen MR) is 138 cm³/mol. The number of carboxylic acid groups (broad SMARTS) is 1. The van der Waals surface area contributed by atoms with Gasteiger partial charge < -0.3 is 74.4 Å². The van der Waals surface area contributed by atoms with E-state index in [4.69, 9.17) is 39.3 Å². The summed E-state index contributed by atoms with van der Waals surface area (Å²) in [6.45, 7) is -1.89. The number of aliphatic hydroxyl groups excluding tert-OH is 8. The molecule has 1 aliphatic rings. The molecule has 43 heavy (non-hydrogen) atoms. The first-order chi connectivity index (χ1) is 20.3. The first-order valence-corrected chi connectivity index (χ1v) is 13.0. The van der Waals surface area contributed by atoms with Crippen molar-refractivity contribution in [3.63, 3.8) is 0 Å². The van der Waals surface area contributed by atoms with Crippen molar-refractivity contribution in [2.45, 2.75) is 80.7 Å². The molecule has 18 nitrogen and oxygen atoms in total. The van der Waals surface area contributed by atoms with E-state index < -0.39 is 106 Å². The number of carboxylic acids is 1. The molecular formula is C25H39NO17. The van der Waals surface area contributed by atoms with Gasteiger partial charge in [0.15, 0.2) is 30.7 Å². The van der Waals surface area contributed by atoms with E-state index in [1.54, 1.807) is 12.1 Å². The summed E-state index contributed by atoms with van der Waals surface area (Å²) in [6.07, 6.45) is -18.9. The predicted octanol–water partition coefficient (Wildman–Crippen LogP) is -4.28. The van der Waals surface area contributed by atoms with Crippen LogP contribution in [0, 0.1) is 0 Å². The monoisotopic (exact) mass is 625 g/mol. The molecule has 0 aromatic heterocycles. The SMILES string of the molecule is CC(=O)O[C@H](C(O)[C@H](O)C[C@@H](O)CO)[C@H](O)O[C@H]1C([C@H](O)CO)O[C@@](OCOc2ccccc2OCN)(C(=O)O)C[C@H]1O. The minimum atomic E-state index is -2.68. The first-order valence-electron chi connectivity index (χ1n) is 13.0. The van der Waals surface area contributed by atoms with Gasteiger partial charge in [0, 0.05) is 19.8 Å². The van der Waals surface area contributed by atoms with E-state index in [-0.39, 0.29) is 18.2 Å². The van der Waals surface area contributed by atoms with Gasteiger partial charge in [-0.1, -0.05) is 12.1 Å². The number of carbonyl (C=O) groups excluding carboxylic acids is 1. The molecule has 10 atom stereocenters. The minimum Gasteiger partial charge on any atom is -0.477 e. The van der Waals surface area contributed by atoms with E-state index >= 15 is 0 Å². The highest BCUT2D eigenvalue weighted by molar-refractivity contribution is 5.76. The van der Waals surface area contributed by atoms with Crippen LogP contribution in [0.25, 0.3) is 0 Å². The molecule has 1 heterocycles. The van der Waals surface area contributed by atoms with Crippen LogP contribution in [0.3, 0.4) is 0 Å². The molecule has 0 bridgehead atoms. The number of nitrogens with two attached hydrogens (primary N) is 1. The van der Waals surface area contributed by atoms with Gasteiger partial charge in [-0.15, -0.1) is 0 Å². The molecule has 2 unspecified atom stereocenters. The van der Waals surface area contributed by atoms with Crippen molar-refractivity contribution in [2.75, 3.05) is 26.7 Å². The number of aliphatic carboxylic acids is 1. The third-order valence-corrected chi connectivity index (χ3v) is 6.33. The van der Waals surface area contributed by atoms with Crippen molar-refractivity contribution in [1.29, 1.82) is 0 Å². The molecule has 0 aliphatic carbocycles. The first kappa shape index (κ1) is 36.5. The molecule has 11 N–H and O–H groups in total. The fraction of sp³-hybridized carbons (Fsp3) is 0.680. The number of rotatable bonds is 18. The van der Waals surface area contributed by atoms with Gasteiger partial charge in [0.1, 0.15) is 31.1 Å². The van der Waals surface area contributed by atoms with Crippen LogP contribution in [0.4, 0.5) is 0 Å². The molecule has 0 radical (unpaired) electrons. The standard InChI is InChI=1S/C25H39NO17/c1-12(29)41-22(19(34)14(31)6-13(30)8-27)23(35)42-20-15(32)7-25(24(36)37,43-21(20)16(33)9-28)40-11-39-18-5-3-2-4-17(18)38-10-26/h2-5,13-16,19-23,27-28,30-35H,6-11,26H2,1H3,(H,36,37)/t13-,14-,15-,16-,19?,20-,21?,22-,23-,25-/m1/s1. The summed E-state index contributed by atoms with van der Waals surface area (Å²) in [7, 11) is 0. The average Bonchev–Trinajstić information content (AvgIpc) is 2.96. The molecule has 1 aromatic rings. The van der Waals surface area contributed by atoms with E-state index in [0.717, 1.165) is 6.92 Å². The highest BCUT2D eigenvalue weighted by atomic mass is 16.8. The Morgan fingerprint density at radius 2 is 1.70 bits per heavy atom. The van der Waals surface area contributed by atoms with Gasteiger partial charge in [0.05, 0.1) is 31.5 Å². The van der Waals surface area contributed by atoms with Crippen LogP contribution < -0.4 is 15.2 Å². The van der Waals surface area contributed by atoms with Crippen molar-refractivity contribution in [3.8, 4) is 11.5 Å². The van der Waals surface area contributed by atoms with Crippen LogP contribution in [0.1, 0.15) is 19.8 Å². The van der Waals surface area contributed by atoms with Gasteiger partial charge in [0.25, 0.3) is 5.79 Å². The molecule has 1 fully saturated rings. The average molecular weight is 626 g/mol. The Labute approximate surface area is 245 Å². The molecule has 2 rings (SSSR count). The second-order valence-electron chi connectivity index (χ2n) is 9.52. The summed E-state index contributed by atoms with van der Waals surface area (Å²) in [6, 6.07) is 6.20. The van der Waals surface area contributed by atoms with Gasteiger partial charge in [-0.2, -0.15) is 0 Å². The van der Waals surface area contributed by atoms with Crippen molar-refractivity contribution in [1.82, 2.24) is 0 Å². The maximum absolute atomic E-state index is 12.3. The van der Waals surface area contributed by atoms with E-state index in [1.807, 2.05) is 0 Å². The van der Waals surface area contributed by atoms with Crippen molar-refractivity contribution < 1.29 is 84.0 Å². The van der Waals surface area contributed by atoms with Crippen LogP contribution >= 0.6 is 0 Å². The number of esters is 1. The molecule has 1 saturated heterocycles. The van der Waals surface area contributed by atoms with Gasteiger partial charge in [-0.25, -0.2) is 4.79 Å². The number of carbonyl (C=O) groups is 2. The molecule has 1 aliphatic heterocycles. The number of hydrogen-bond donors (Lipinski definition) is 10. The molecule has 18 heteroatoms. The number of para-hydroxylation sites is 2. The van der Waals surface area contributed by atoms with Gasteiger partial charge in [-0.3, -0.25) is 10.5 Å². The maximum atomic E-state index is 12.3. The fourth-order valence-electron chi connectivity index (χ4n) is 4.21. The summed E-state index contributed by atoms with van der Waals surface area (Å²) in [5, 5.41) is 90.8. The van der Waals surface area contributed by atoms with Crippen LogP contribution in [0.2, 0.25) is 0 Å². The Kier molecular flexibility index (Phi) is 14.4. The van der Waals surface area contributed by atoms with E-state index in [2.05, 4.69) is 0 Å². The zero-order valence-corrected chi connectivity index (χ0v) is 23.1. The summed E-state index contributed by atoms with van der Waals surface area (Å²) in [5.41, 5.74) is 5.38. The third kappa shape index (κ3) is 9.89. The largest absolute Gasteiger partial charge is 0.477 e. The Bertz CT molecular complexity index is 1020. The topological polar surface area (TPSA) is 298 Å². The minimum absolute atomic E-state index is 0.116. The van der Waals surface area contributed by atoms with Gasteiger partial charge >= 0.3 is 11.9 Å². The van der Waals surface area contributed by atoms with Crippen LogP contribution in [-0.4, -0.2) is 146 Å². The lowest BCUT2D eigenvalue weighted by Crippen LogP contribution is -2.64.